The third kappa shape index (κ3) is 2.29. The molecule has 0 spiro atoms. The first-order chi connectivity index (χ1) is 6.65. The summed E-state index contributed by atoms with van der Waals surface area (Å²) < 4.78 is 0. The molecule has 0 aromatic heterocycles. The lowest BCUT2D eigenvalue weighted by Crippen LogP contribution is -2.53. The van der Waals surface area contributed by atoms with Crippen molar-refractivity contribution in [3.63, 3.8) is 0 Å². The third-order valence-corrected chi connectivity index (χ3v) is 3.93. The Kier molecular flexibility index (Phi) is 3.13. The SMILES string of the molecule is CC1CC(NC2CCN(C)CC2C)C1. The molecule has 0 amide bonds. The summed E-state index contributed by atoms with van der Waals surface area (Å²) in [6.07, 6.45) is 4.14. The lowest BCUT2D eigenvalue weighted by atomic mass is 9.80. The topological polar surface area (TPSA) is 15.3 Å². The monoisotopic (exact) mass is 196 g/mol. The molecule has 14 heavy (non-hydrogen) atoms. The van der Waals surface area contributed by atoms with Gasteiger partial charge < -0.3 is 10.2 Å². The minimum absolute atomic E-state index is 0.781. The molecule has 2 unspecified atom stereocenters. The number of hydrogen-bond acceptors (Lipinski definition) is 2. The van der Waals surface area contributed by atoms with Crippen molar-refractivity contribution in [3.05, 3.63) is 0 Å². The van der Waals surface area contributed by atoms with E-state index in [2.05, 4.69) is 31.1 Å². The number of likely N-dealkylation sites (tertiary alicyclic amines) is 1. The fourth-order valence-electron chi connectivity index (χ4n) is 2.94. The van der Waals surface area contributed by atoms with Crippen molar-refractivity contribution in [2.75, 3.05) is 20.1 Å². The molecule has 1 aliphatic heterocycles. The molecule has 1 N–H and O–H groups in total. The van der Waals surface area contributed by atoms with Crippen molar-refractivity contribution < 1.29 is 0 Å². The van der Waals surface area contributed by atoms with Gasteiger partial charge in [0.05, 0.1) is 0 Å². The van der Waals surface area contributed by atoms with Gasteiger partial charge in [0.25, 0.3) is 0 Å². The van der Waals surface area contributed by atoms with Gasteiger partial charge in [0.15, 0.2) is 0 Å². The zero-order valence-corrected chi connectivity index (χ0v) is 9.79. The first kappa shape index (κ1) is 10.4. The quantitative estimate of drug-likeness (QED) is 0.723. The Hall–Kier alpha value is -0.0800. The third-order valence-electron chi connectivity index (χ3n) is 3.93. The highest BCUT2D eigenvalue weighted by Gasteiger charge is 2.31. The van der Waals surface area contributed by atoms with E-state index in [0.29, 0.717) is 0 Å². The number of rotatable bonds is 2. The average Bonchev–Trinajstić information content (AvgIpc) is 2.06. The fourth-order valence-corrected chi connectivity index (χ4v) is 2.94. The Morgan fingerprint density at radius 2 is 1.93 bits per heavy atom. The maximum Gasteiger partial charge on any atom is 0.0120 e. The van der Waals surface area contributed by atoms with Crippen LogP contribution in [-0.2, 0) is 0 Å². The Morgan fingerprint density at radius 1 is 1.21 bits per heavy atom. The molecule has 2 fully saturated rings. The van der Waals surface area contributed by atoms with Crippen LogP contribution in [0, 0.1) is 11.8 Å². The molecule has 0 aromatic carbocycles. The zero-order valence-electron chi connectivity index (χ0n) is 9.79. The minimum Gasteiger partial charge on any atom is -0.311 e. The number of piperidine rings is 1. The van der Waals surface area contributed by atoms with Crippen LogP contribution in [0.3, 0.4) is 0 Å². The van der Waals surface area contributed by atoms with Crippen LogP contribution in [-0.4, -0.2) is 37.1 Å². The average molecular weight is 196 g/mol. The van der Waals surface area contributed by atoms with E-state index < -0.39 is 0 Å². The molecule has 0 bridgehead atoms. The first-order valence-corrected chi connectivity index (χ1v) is 6.09. The van der Waals surface area contributed by atoms with Crippen molar-refractivity contribution in [1.82, 2.24) is 10.2 Å². The second-order valence-corrected chi connectivity index (χ2v) is 5.57. The predicted molar refractivity (Wildman–Crippen MR) is 60.4 cm³/mol. The summed E-state index contributed by atoms with van der Waals surface area (Å²) in [5.41, 5.74) is 0. The summed E-state index contributed by atoms with van der Waals surface area (Å²) in [5, 5.41) is 3.83. The van der Waals surface area contributed by atoms with Crippen LogP contribution < -0.4 is 5.32 Å². The highest BCUT2D eigenvalue weighted by Crippen LogP contribution is 2.28. The maximum atomic E-state index is 3.83. The standard InChI is InChI=1S/C12H24N2/c1-9-6-11(7-9)13-12-4-5-14(3)8-10(12)2/h9-13H,4-8H2,1-3H3. The summed E-state index contributed by atoms with van der Waals surface area (Å²) >= 11 is 0. The van der Waals surface area contributed by atoms with Gasteiger partial charge in [0.2, 0.25) is 0 Å². The van der Waals surface area contributed by atoms with Gasteiger partial charge in [-0.2, -0.15) is 0 Å². The molecule has 1 saturated heterocycles. The molecular weight excluding hydrogens is 172 g/mol. The van der Waals surface area contributed by atoms with E-state index in [-0.39, 0.29) is 0 Å². The van der Waals surface area contributed by atoms with Crippen LogP contribution in [0.1, 0.15) is 33.1 Å². The van der Waals surface area contributed by atoms with E-state index in [4.69, 9.17) is 0 Å². The molecule has 2 rings (SSSR count). The smallest absolute Gasteiger partial charge is 0.0120 e. The van der Waals surface area contributed by atoms with Crippen LogP contribution in [0.5, 0.6) is 0 Å². The summed E-state index contributed by atoms with van der Waals surface area (Å²) in [6, 6.07) is 1.62. The molecule has 82 valence electrons. The van der Waals surface area contributed by atoms with Crippen molar-refractivity contribution in [2.45, 2.75) is 45.2 Å². The van der Waals surface area contributed by atoms with Gasteiger partial charge >= 0.3 is 0 Å². The van der Waals surface area contributed by atoms with Gasteiger partial charge in [-0.1, -0.05) is 13.8 Å². The number of nitrogens with zero attached hydrogens (tertiary/aromatic N) is 1. The van der Waals surface area contributed by atoms with Gasteiger partial charge in [-0.25, -0.2) is 0 Å². The van der Waals surface area contributed by atoms with Gasteiger partial charge in [0.1, 0.15) is 0 Å². The highest BCUT2D eigenvalue weighted by atomic mass is 15.1. The second kappa shape index (κ2) is 4.19. The van der Waals surface area contributed by atoms with E-state index in [1.807, 2.05) is 0 Å². The van der Waals surface area contributed by atoms with Crippen LogP contribution >= 0.6 is 0 Å². The summed E-state index contributed by atoms with van der Waals surface area (Å²) in [7, 11) is 2.23. The summed E-state index contributed by atoms with van der Waals surface area (Å²) in [5.74, 6) is 1.79. The van der Waals surface area contributed by atoms with Gasteiger partial charge in [-0.3, -0.25) is 0 Å². The summed E-state index contributed by atoms with van der Waals surface area (Å²) in [4.78, 5) is 2.45. The van der Waals surface area contributed by atoms with E-state index in [0.717, 1.165) is 23.9 Å². The van der Waals surface area contributed by atoms with Crippen LogP contribution in [0.2, 0.25) is 0 Å². The largest absolute Gasteiger partial charge is 0.311 e. The van der Waals surface area contributed by atoms with Gasteiger partial charge in [-0.15, -0.1) is 0 Å². The normalized spacial score (nSPS) is 44.8. The highest BCUT2D eigenvalue weighted by molar-refractivity contribution is 4.89. The van der Waals surface area contributed by atoms with E-state index >= 15 is 0 Å². The number of hydrogen-bond donors (Lipinski definition) is 1. The molecule has 1 aliphatic carbocycles. The lowest BCUT2D eigenvalue weighted by molar-refractivity contribution is 0.135. The minimum atomic E-state index is 0.781. The van der Waals surface area contributed by atoms with Crippen LogP contribution in [0.15, 0.2) is 0 Å². The fraction of sp³-hybridized carbons (Fsp3) is 1.00. The maximum absolute atomic E-state index is 3.83. The molecule has 1 heterocycles. The number of nitrogens with one attached hydrogen (secondary N) is 1. The van der Waals surface area contributed by atoms with Crippen LogP contribution in [0.25, 0.3) is 0 Å². The molecule has 2 heteroatoms. The van der Waals surface area contributed by atoms with E-state index in [1.165, 1.54) is 32.4 Å². The molecule has 2 atom stereocenters. The van der Waals surface area contributed by atoms with Crippen molar-refractivity contribution in [2.24, 2.45) is 11.8 Å². The van der Waals surface area contributed by atoms with E-state index in [9.17, 15) is 0 Å². The Morgan fingerprint density at radius 3 is 2.50 bits per heavy atom. The van der Waals surface area contributed by atoms with Crippen molar-refractivity contribution >= 4 is 0 Å². The molecule has 0 aromatic rings. The van der Waals surface area contributed by atoms with Gasteiger partial charge in [-0.05, 0) is 44.7 Å². The van der Waals surface area contributed by atoms with Gasteiger partial charge in [0, 0.05) is 18.6 Å². The molecule has 0 radical (unpaired) electrons. The Bertz CT molecular complexity index is 187. The summed E-state index contributed by atoms with van der Waals surface area (Å²) in [6.45, 7) is 7.27. The lowest BCUT2D eigenvalue weighted by Gasteiger charge is -2.42. The molecular formula is C12H24N2. The van der Waals surface area contributed by atoms with Crippen molar-refractivity contribution in [1.29, 1.82) is 0 Å². The Labute approximate surface area is 88.1 Å². The predicted octanol–water partition coefficient (Wildman–Crippen LogP) is 1.71. The first-order valence-electron chi connectivity index (χ1n) is 6.09. The molecule has 2 nitrogen and oxygen atoms in total. The van der Waals surface area contributed by atoms with E-state index in [1.54, 1.807) is 0 Å². The molecule has 2 aliphatic rings. The van der Waals surface area contributed by atoms with Crippen molar-refractivity contribution in [3.8, 4) is 0 Å². The zero-order chi connectivity index (χ0) is 10.1. The Balaban J connectivity index is 1.75. The molecule has 1 saturated carbocycles. The van der Waals surface area contributed by atoms with Crippen LogP contribution in [0.4, 0.5) is 0 Å². The second-order valence-electron chi connectivity index (χ2n) is 5.57.